The quantitative estimate of drug-likeness (QED) is 0.709. The Balaban J connectivity index is -0.000000403. The zero-order valence-electron chi connectivity index (χ0n) is 9.12. The molecule has 0 radical (unpaired) electrons. The molecule has 0 spiro atoms. The van der Waals surface area contributed by atoms with Gasteiger partial charge in [-0.1, -0.05) is 0 Å². The first-order valence-electron chi connectivity index (χ1n) is 3.46. The van der Waals surface area contributed by atoms with Gasteiger partial charge in [0.1, 0.15) is 0 Å². The molecule has 0 saturated heterocycles. The number of hydrogen-bond donors (Lipinski definition) is 0. The molecule has 4 heteroatoms. The molecular weight excluding hydrogens is 369 g/mol. The molecule has 1 aromatic rings. The average Bonchev–Trinajstić information content (AvgIpc) is 2.03. The van der Waals surface area contributed by atoms with Crippen LogP contribution in [0.1, 0.15) is 9.78 Å². The van der Waals surface area contributed by atoms with Crippen molar-refractivity contribution in [2.75, 3.05) is 0 Å². The van der Waals surface area contributed by atoms with E-state index in [1.807, 2.05) is 30.3 Å². The number of hydrogen-bond acceptors (Lipinski definition) is 2. The predicted molar refractivity (Wildman–Crippen MR) is 45.8 cm³/mol. The maximum Gasteiger partial charge on any atom is 2.00 e. The van der Waals surface area contributed by atoms with Crippen molar-refractivity contribution in [3.63, 3.8) is 0 Å². The van der Waals surface area contributed by atoms with Gasteiger partial charge in [0, 0.05) is 0 Å². The monoisotopic (exact) mass is 380 g/mol. The van der Waals surface area contributed by atoms with Crippen LogP contribution in [0.15, 0.2) is 30.3 Å². The molecule has 58 valence electrons. The van der Waals surface area contributed by atoms with Crippen molar-refractivity contribution >= 4 is 46.8 Å². The van der Waals surface area contributed by atoms with Crippen LogP contribution >= 0.6 is 0 Å². The van der Waals surface area contributed by atoms with E-state index in [2.05, 4.69) is 0 Å². The van der Waals surface area contributed by atoms with Gasteiger partial charge in [-0.25, -0.2) is 0 Å². The summed E-state index contributed by atoms with van der Waals surface area (Å²) in [6, 6.07) is 9.94. The summed E-state index contributed by atoms with van der Waals surface area (Å²) in [5.41, 5.74) is 0. The van der Waals surface area contributed by atoms with Crippen molar-refractivity contribution in [2.24, 2.45) is 0 Å². The van der Waals surface area contributed by atoms with Crippen LogP contribution in [-0.4, -0.2) is 43.7 Å². The van der Waals surface area contributed by atoms with Gasteiger partial charge in [0.15, 0.2) is 0 Å². The van der Waals surface area contributed by atoms with Gasteiger partial charge in [-0.3, -0.25) is 0 Å². The second-order valence-electron chi connectivity index (χ2n) is 2.27. The molecule has 0 atom stereocenters. The Morgan fingerprint density at radius 2 is 2.00 bits per heavy atom. The summed E-state index contributed by atoms with van der Waals surface area (Å²) >= 11 is -1.52. The Bertz CT molecular complexity index is 246. The van der Waals surface area contributed by atoms with Crippen molar-refractivity contribution in [1.29, 1.82) is 0 Å². The van der Waals surface area contributed by atoms with E-state index in [9.17, 15) is 4.79 Å². The van der Waals surface area contributed by atoms with Crippen molar-refractivity contribution in [1.82, 2.24) is 0 Å². The number of rotatable bonds is 2. The van der Waals surface area contributed by atoms with E-state index >= 15 is 0 Å². The molecular formula is C8H10CaHgO2. The first kappa shape index (κ1) is 12.9. The molecule has 1 rings (SSSR count). The van der Waals surface area contributed by atoms with Crippen LogP contribution in [-0.2, 0) is 32.5 Å². The van der Waals surface area contributed by atoms with Crippen LogP contribution < -0.4 is 3.07 Å². The van der Waals surface area contributed by atoms with Crippen LogP contribution in [0.5, 0.6) is 0 Å². The molecule has 0 amide bonds. The maximum atomic E-state index is 10.5. The van der Waals surface area contributed by atoms with E-state index in [1.165, 1.54) is 10.00 Å². The smallest absolute Gasteiger partial charge is 1.00 e. The molecule has 0 aliphatic carbocycles. The third kappa shape index (κ3) is 5.52. The number of carbonyl (C=O) groups excluding carboxylic acids is 1. The topological polar surface area (TPSA) is 26.3 Å². The molecule has 0 fully saturated rings. The minimum absolute atomic E-state index is 0. The number of benzene rings is 1. The summed E-state index contributed by atoms with van der Waals surface area (Å²) in [4.78, 5) is 10.5. The van der Waals surface area contributed by atoms with E-state index in [0.717, 1.165) is 0 Å². The molecule has 0 unspecified atom stereocenters. The number of carbonyl (C=O) groups is 1. The summed E-state index contributed by atoms with van der Waals surface area (Å²) in [5, 5.41) is 0. The summed E-state index contributed by atoms with van der Waals surface area (Å²) in [5.74, 6) is -0.143. The molecule has 0 aliphatic heterocycles. The van der Waals surface area contributed by atoms with Gasteiger partial charge in [0.25, 0.3) is 0 Å². The van der Waals surface area contributed by atoms with Crippen LogP contribution in [0.4, 0.5) is 0 Å². The van der Waals surface area contributed by atoms with Crippen LogP contribution in [0.25, 0.3) is 0 Å². The van der Waals surface area contributed by atoms with Gasteiger partial charge in [-0.15, -0.1) is 0 Å². The van der Waals surface area contributed by atoms with Gasteiger partial charge in [-0.2, -0.15) is 0 Å². The maximum absolute atomic E-state index is 10.5. The predicted octanol–water partition coefficient (Wildman–Crippen LogP) is 0.717. The second-order valence-corrected chi connectivity index (χ2v) is 7.68. The van der Waals surface area contributed by atoms with Crippen molar-refractivity contribution in [3.8, 4) is 0 Å². The van der Waals surface area contributed by atoms with Gasteiger partial charge in [0.05, 0.1) is 0 Å². The molecule has 1 aromatic carbocycles. The van der Waals surface area contributed by atoms with Crippen molar-refractivity contribution in [2.45, 2.75) is 6.92 Å². The molecule has 2 nitrogen and oxygen atoms in total. The Morgan fingerprint density at radius 1 is 1.42 bits per heavy atom. The first-order chi connectivity index (χ1) is 5.29. The van der Waals surface area contributed by atoms with E-state index < -0.39 is 25.0 Å². The molecule has 0 heterocycles. The summed E-state index contributed by atoms with van der Waals surface area (Å²) in [6.07, 6.45) is 0. The largest absolute Gasteiger partial charge is 2.00 e. The van der Waals surface area contributed by atoms with E-state index in [4.69, 9.17) is 2.64 Å². The van der Waals surface area contributed by atoms with Gasteiger partial charge < -0.3 is 2.85 Å². The molecule has 12 heavy (non-hydrogen) atoms. The van der Waals surface area contributed by atoms with Gasteiger partial charge in [0.2, 0.25) is 0 Å². The molecule has 0 saturated carbocycles. The van der Waals surface area contributed by atoms with Crippen LogP contribution in [0.3, 0.4) is 0 Å². The van der Waals surface area contributed by atoms with Crippen molar-refractivity contribution < 1.29 is 35.3 Å². The summed E-state index contributed by atoms with van der Waals surface area (Å²) < 4.78 is 6.25. The molecule has 0 aromatic heterocycles. The van der Waals surface area contributed by atoms with E-state index in [-0.39, 0.29) is 46.6 Å². The van der Waals surface area contributed by atoms with Gasteiger partial charge in [-0.05, 0) is 0 Å². The summed E-state index contributed by atoms with van der Waals surface area (Å²) in [7, 11) is 0. The third-order valence-electron chi connectivity index (χ3n) is 1.28. The Kier molecular flexibility index (Phi) is 7.84. The minimum atomic E-state index is -1.52. The third-order valence-corrected chi connectivity index (χ3v) is 6.55. The molecule has 0 bridgehead atoms. The first-order valence-corrected chi connectivity index (χ1v) is 8.45. The fourth-order valence-electron chi connectivity index (χ4n) is 0.759. The van der Waals surface area contributed by atoms with Gasteiger partial charge >= 0.3 is 117 Å². The Hall–Kier alpha value is 0.885. The molecule has 0 aliphatic rings. The minimum Gasteiger partial charge on any atom is -1.00 e. The Labute approximate surface area is 118 Å². The van der Waals surface area contributed by atoms with E-state index in [0.29, 0.717) is 0 Å². The Morgan fingerprint density at radius 3 is 2.50 bits per heavy atom. The van der Waals surface area contributed by atoms with Crippen LogP contribution in [0, 0.1) is 0 Å². The normalized spacial score (nSPS) is 7.75. The van der Waals surface area contributed by atoms with E-state index in [1.54, 1.807) is 0 Å². The standard InChI is InChI=1S/C6H5.C2H4O2.Ca.Hg.2H/c1-2-4-6-5-3-1;1-2(3)4;;;;/h1-5H;1H3,(H,3,4);;;;/q;;+2;+1;2*-1/p-1. The summed E-state index contributed by atoms with van der Waals surface area (Å²) in [6.45, 7) is 1.46. The second kappa shape index (κ2) is 7.30. The fourth-order valence-corrected chi connectivity index (χ4v) is 4.00. The average molecular weight is 379 g/mol. The van der Waals surface area contributed by atoms with Crippen molar-refractivity contribution in [3.05, 3.63) is 30.3 Å². The van der Waals surface area contributed by atoms with Crippen LogP contribution in [0.2, 0.25) is 0 Å². The zero-order chi connectivity index (χ0) is 8.10. The molecule has 0 N–H and O–H groups in total. The SMILES string of the molecule is CC(=O)[O][Hg][c]1ccccc1.[Ca+2].[H-].[H-]. The zero-order valence-corrected chi connectivity index (χ0v) is 14.8. The fraction of sp³-hybridized carbons (Fsp3) is 0.125.